The van der Waals surface area contributed by atoms with E-state index in [-0.39, 0.29) is 18.9 Å². The summed E-state index contributed by atoms with van der Waals surface area (Å²) in [4.78, 5) is 11.2. The lowest BCUT2D eigenvalue weighted by atomic mass is 10.1. The summed E-state index contributed by atoms with van der Waals surface area (Å²) in [5, 5.41) is 20.0. The minimum Gasteiger partial charge on any atom is -0.394 e. The Kier molecular flexibility index (Phi) is 4.33. The van der Waals surface area contributed by atoms with Crippen molar-refractivity contribution in [1.29, 1.82) is 0 Å². The van der Waals surface area contributed by atoms with Crippen LogP contribution in [-0.2, 0) is 10.9 Å². The molecule has 0 saturated carbocycles. The third kappa shape index (κ3) is 3.24. The van der Waals surface area contributed by atoms with E-state index in [1.807, 2.05) is 0 Å². The Morgan fingerprint density at radius 2 is 2.19 bits per heavy atom. The Morgan fingerprint density at radius 3 is 2.76 bits per heavy atom. The van der Waals surface area contributed by atoms with Gasteiger partial charge in [-0.2, -0.15) is 13.2 Å². The van der Waals surface area contributed by atoms with Crippen molar-refractivity contribution in [3.8, 4) is 0 Å². The molecule has 1 unspecified atom stereocenters. The molecule has 9 heteroatoms. The number of rotatable bonds is 3. The van der Waals surface area contributed by atoms with E-state index in [4.69, 9.17) is 4.74 Å². The van der Waals surface area contributed by atoms with Crippen LogP contribution < -0.4 is 4.90 Å². The Labute approximate surface area is 117 Å². The van der Waals surface area contributed by atoms with Gasteiger partial charge in [0.15, 0.2) is 0 Å². The second kappa shape index (κ2) is 5.86. The van der Waals surface area contributed by atoms with E-state index < -0.39 is 28.4 Å². The first-order valence-electron chi connectivity index (χ1n) is 6.15. The fourth-order valence-electron chi connectivity index (χ4n) is 2.23. The molecule has 1 atom stereocenters. The molecule has 6 nitrogen and oxygen atoms in total. The van der Waals surface area contributed by atoms with Crippen molar-refractivity contribution in [3.05, 3.63) is 33.9 Å². The molecule has 1 fully saturated rings. The van der Waals surface area contributed by atoms with Crippen LogP contribution in [0.2, 0.25) is 0 Å². The summed E-state index contributed by atoms with van der Waals surface area (Å²) in [6.45, 7) is 0.530. The zero-order chi connectivity index (χ0) is 15.6. The molecule has 116 valence electrons. The number of nitro groups is 1. The highest BCUT2D eigenvalue weighted by molar-refractivity contribution is 5.57. The second-order valence-corrected chi connectivity index (χ2v) is 4.56. The largest absolute Gasteiger partial charge is 0.423 e. The number of hydrogen-bond acceptors (Lipinski definition) is 5. The number of nitrogens with zero attached hydrogens (tertiary/aromatic N) is 2. The highest BCUT2D eigenvalue weighted by Gasteiger charge is 2.39. The van der Waals surface area contributed by atoms with Gasteiger partial charge in [-0.1, -0.05) is 0 Å². The average Bonchev–Trinajstić information content (AvgIpc) is 2.45. The molecule has 1 aromatic carbocycles. The summed E-state index contributed by atoms with van der Waals surface area (Å²) < 4.78 is 44.0. The number of alkyl halides is 3. The molecule has 0 spiro atoms. The van der Waals surface area contributed by atoms with Gasteiger partial charge in [0.25, 0.3) is 5.69 Å². The molecule has 1 saturated heterocycles. The van der Waals surface area contributed by atoms with Gasteiger partial charge in [0.2, 0.25) is 0 Å². The Hall–Kier alpha value is -1.87. The summed E-state index contributed by atoms with van der Waals surface area (Å²) in [5.74, 6) is 0. The van der Waals surface area contributed by atoms with E-state index >= 15 is 0 Å². The van der Waals surface area contributed by atoms with Crippen LogP contribution in [0.1, 0.15) is 5.56 Å². The molecular weight excluding hydrogens is 293 g/mol. The minimum atomic E-state index is -4.82. The number of aliphatic hydroxyl groups excluding tert-OH is 1. The Balaban J connectivity index is 2.44. The third-order valence-corrected chi connectivity index (χ3v) is 3.25. The van der Waals surface area contributed by atoms with Crippen LogP contribution in [0.15, 0.2) is 18.2 Å². The fourth-order valence-corrected chi connectivity index (χ4v) is 2.23. The molecule has 0 bridgehead atoms. The van der Waals surface area contributed by atoms with Crippen LogP contribution >= 0.6 is 0 Å². The van der Waals surface area contributed by atoms with Crippen molar-refractivity contribution < 1.29 is 27.9 Å². The van der Waals surface area contributed by atoms with Gasteiger partial charge in [0, 0.05) is 18.3 Å². The van der Waals surface area contributed by atoms with Gasteiger partial charge < -0.3 is 14.7 Å². The SMILES string of the molecule is O=[N+]([O-])c1ccc(N2CCOCC2CO)cc1C(F)(F)F. The molecule has 1 aromatic rings. The lowest BCUT2D eigenvalue weighted by Crippen LogP contribution is -2.47. The molecule has 1 aliphatic rings. The highest BCUT2D eigenvalue weighted by Crippen LogP contribution is 2.38. The Morgan fingerprint density at radius 1 is 1.48 bits per heavy atom. The molecule has 2 rings (SSSR count). The lowest BCUT2D eigenvalue weighted by molar-refractivity contribution is -0.388. The average molecular weight is 306 g/mol. The maximum absolute atomic E-state index is 12.9. The first kappa shape index (κ1) is 15.5. The van der Waals surface area contributed by atoms with Gasteiger partial charge in [0.05, 0.1) is 30.8 Å². The van der Waals surface area contributed by atoms with E-state index in [0.29, 0.717) is 13.2 Å². The zero-order valence-corrected chi connectivity index (χ0v) is 10.8. The molecule has 1 aliphatic heterocycles. The van der Waals surface area contributed by atoms with Crippen molar-refractivity contribution in [2.75, 3.05) is 31.3 Å². The van der Waals surface area contributed by atoms with Crippen LogP contribution in [-0.4, -0.2) is 42.4 Å². The number of ether oxygens (including phenoxy) is 1. The number of nitro benzene ring substituents is 1. The van der Waals surface area contributed by atoms with Gasteiger partial charge in [-0.3, -0.25) is 10.1 Å². The number of anilines is 1. The van der Waals surface area contributed by atoms with Gasteiger partial charge in [-0.25, -0.2) is 0 Å². The molecule has 0 aromatic heterocycles. The summed E-state index contributed by atoms with van der Waals surface area (Å²) in [7, 11) is 0. The molecule has 0 radical (unpaired) electrons. The summed E-state index contributed by atoms with van der Waals surface area (Å²) in [6.07, 6.45) is -4.82. The number of hydrogen-bond donors (Lipinski definition) is 1. The molecule has 1 heterocycles. The standard InChI is InChI=1S/C12H13F3N2O4/c13-12(14,15)10-5-8(1-2-11(10)17(19)20)16-3-4-21-7-9(16)6-18/h1-2,5,9,18H,3-4,6-7H2. The quantitative estimate of drug-likeness (QED) is 0.681. The maximum Gasteiger partial charge on any atom is 0.423 e. The van der Waals surface area contributed by atoms with E-state index in [2.05, 4.69) is 0 Å². The van der Waals surface area contributed by atoms with Crippen molar-refractivity contribution in [2.45, 2.75) is 12.2 Å². The molecular formula is C12H13F3N2O4. The van der Waals surface area contributed by atoms with E-state index in [0.717, 1.165) is 12.1 Å². The third-order valence-electron chi connectivity index (χ3n) is 3.25. The number of halogens is 3. The van der Waals surface area contributed by atoms with Gasteiger partial charge in [-0.15, -0.1) is 0 Å². The summed E-state index contributed by atoms with van der Waals surface area (Å²) >= 11 is 0. The molecule has 1 N–H and O–H groups in total. The van der Waals surface area contributed by atoms with Crippen LogP contribution in [0.5, 0.6) is 0 Å². The molecule has 21 heavy (non-hydrogen) atoms. The van der Waals surface area contributed by atoms with Crippen molar-refractivity contribution in [3.63, 3.8) is 0 Å². The van der Waals surface area contributed by atoms with Crippen molar-refractivity contribution in [2.24, 2.45) is 0 Å². The number of aliphatic hydroxyl groups is 1. The molecule has 0 amide bonds. The summed E-state index contributed by atoms with van der Waals surface area (Å²) in [6, 6.07) is 2.36. The van der Waals surface area contributed by atoms with Crippen molar-refractivity contribution in [1.82, 2.24) is 0 Å². The second-order valence-electron chi connectivity index (χ2n) is 4.56. The van der Waals surface area contributed by atoms with Crippen LogP contribution in [0.25, 0.3) is 0 Å². The number of morpholine rings is 1. The highest BCUT2D eigenvalue weighted by atomic mass is 19.4. The predicted octanol–water partition coefficient (Wildman–Crippen LogP) is 1.81. The first-order chi connectivity index (χ1) is 9.84. The van der Waals surface area contributed by atoms with Crippen molar-refractivity contribution >= 4 is 11.4 Å². The van der Waals surface area contributed by atoms with E-state index in [1.54, 1.807) is 4.90 Å². The summed E-state index contributed by atoms with van der Waals surface area (Å²) in [5.41, 5.74) is -2.11. The van der Waals surface area contributed by atoms with Gasteiger partial charge >= 0.3 is 6.18 Å². The van der Waals surface area contributed by atoms with Crippen LogP contribution in [0.3, 0.4) is 0 Å². The molecule has 0 aliphatic carbocycles. The zero-order valence-electron chi connectivity index (χ0n) is 10.8. The Bertz CT molecular complexity index is 536. The maximum atomic E-state index is 12.9. The topological polar surface area (TPSA) is 75.8 Å². The normalized spacial score (nSPS) is 19.6. The van der Waals surface area contributed by atoms with E-state index in [9.17, 15) is 28.4 Å². The van der Waals surface area contributed by atoms with E-state index in [1.165, 1.54) is 6.07 Å². The smallest absolute Gasteiger partial charge is 0.394 e. The van der Waals surface area contributed by atoms with Gasteiger partial charge in [0.1, 0.15) is 5.56 Å². The van der Waals surface area contributed by atoms with Gasteiger partial charge in [-0.05, 0) is 12.1 Å². The lowest BCUT2D eigenvalue weighted by Gasteiger charge is -2.36. The minimum absolute atomic E-state index is 0.176. The fraction of sp³-hybridized carbons (Fsp3) is 0.500. The first-order valence-corrected chi connectivity index (χ1v) is 6.15. The van der Waals surface area contributed by atoms with Crippen LogP contribution in [0.4, 0.5) is 24.5 Å². The van der Waals surface area contributed by atoms with Crippen LogP contribution in [0, 0.1) is 10.1 Å². The number of benzene rings is 1. The monoisotopic (exact) mass is 306 g/mol. The predicted molar refractivity (Wildman–Crippen MR) is 67.1 cm³/mol.